The standard InChI is InChI=1S/C26H34N4O6S.BrH/c1-26(2,3)19-9-15(11-22(23(19)35-7)36-37(8,33)34)21(31)14-30-13-16-10-20(29(5)6)18(25(32)28-4)12-17(16)24(30)27;/h9-12,27H,13-14H2,1-8H3,(H,28,32);1H. The normalized spacial score (nSPS) is 12.9. The van der Waals surface area contributed by atoms with Gasteiger partial charge in [0.2, 0.25) is 0 Å². The summed E-state index contributed by atoms with van der Waals surface area (Å²) < 4.78 is 34.4. The third-order valence-electron chi connectivity index (χ3n) is 6.07. The number of hydrogen-bond donors (Lipinski definition) is 2. The zero-order chi connectivity index (χ0) is 27.9. The van der Waals surface area contributed by atoms with Gasteiger partial charge in [0.15, 0.2) is 17.3 Å². The molecule has 0 bridgehead atoms. The average Bonchev–Trinajstić information content (AvgIpc) is 3.09. The largest absolute Gasteiger partial charge is 0.492 e. The molecule has 2 aromatic rings. The number of methoxy groups -OCH3 is 1. The number of amides is 1. The summed E-state index contributed by atoms with van der Waals surface area (Å²) in [6.45, 7) is 5.96. The van der Waals surface area contributed by atoms with Crippen LogP contribution in [0.25, 0.3) is 0 Å². The monoisotopic (exact) mass is 610 g/mol. The molecule has 2 aromatic carbocycles. The smallest absolute Gasteiger partial charge is 0.306 e. The van der Waals surface area contributed by atoms with Gasteiger partial charge in [-0.25, -0.2) is 0 Å². The fraction of sp³-hybridized carbons (Fsp3) is 0.423. The van der Waals surface area contributed by atoms with Gasteiger partial charge in [-0.3, -0.25) is 15.0 Å². The van der Waals surface area contributed by atoms with Crippen LogP contribution in [0.15, 0.2) is 24.3 Å². The molecule has 0 atom stereocenters. The molecule has 10 nitrogen and oxygen atoms in total. The minimum Gasteiger partial charge on any atom is -0.492 e. The Balaban J connectivity index is 0.00000507. The van der Waals surface area contributed by atoms with E-state index in [0.29, 0.717) is 28.9 Å². The van der Waals surface area contributed by atoms with Crippen LogP contribution in [-0.2, 0) is 22.1 Å². The Labute approximate surface area is 234 Å². The number of Topliss-reactive ketones (excluding diaryl/α,β-unsaturated/α-hetero) is 1. The van der Waals surface area contributed by atoms with Crippen molar-refractivity contribution in [3.63, 3.8) is 0 Å². The molecule has 0 saturated carbocycles. The number of nitrogens with zero attached hydrogens (tertiary/aromatic N) is 2. The van der Waals surface area contributed by atoms with E-state index in [2.05, 4.69) is 5.32 Å². The summed E-state index contributed by atoms with van der Waals surface area (Å²) in [5.74, 6) is -0.264. The molecule has 1 aliphatic heterocycles. The van der Waals surface area contributed by atoms with Crippen molar-refractivity contribution in [3.05, 3.63) is 52.1 Å². The minimum absolute atomic E-state index is 0. The SMILES string of the molecule is Br.CNC(=O)c1cc2c(cc1N(C)C)CN(CC(=O)c1cc(OS(C)(=O)=O)c(OC)c(C(C)(C)C)c1)C2=N. The van der Waals surface area contributed by atoms with E-state index >= 15 is 0 Å². The molecule has 0 aliphatic carbocycles. The van der Waals surface area contributed by atoms with E-state index in [4.69, 9.17) is 14.3 Å². The zero-order valence-corrected chi connectivity index (χ0v) is 25.4. The third-order valence-corrected chi connectivity index (χ3v) is 6.55. The maximum Gasteiger partial charge on any atom is 0.306 e. The van der Waals surface area contributed by atoms with Crippen LogP contribution in [-0.4, -0.2) is 71.9 Å². The number of nitrogens with one attached hydrogen (secondary N) is 2. The lowest BCUT2D eigenvalue weighted by Crippen LogP contribution is -2.30. The van der Waals surface area contributed by atoms with Crippen LogP contribution < -0.4 is 19.1 Å². The summed E-state index contributed by atoms with van der Waals surface area (Å²) in [5, 5.41) is 11.3. The summed E-state index contributed by atoms with van der Waals surface area (Å²) in [5.41, 5.74) is 2.96. The Hall–Kier alpha value is -3.12. The first-order chi connectivity index (χ1) is 17.1. The first-order valence-corrected chi connectivity index (χ1v) is 13.4. The van der Waals surface area contributed by atoms with Crippen molar-refractivity contribution in [2.75, 3.05) is 46.0 Å². The van der Waals surface area contributed by atoms with Crippen LogP contribution in [0.5, 0.6) is 11.5 Å². The lowest BCUT2D eigenvalue weighted by Gasteiger charge is -2.25. The number of carbonyl (C=O) groups is 2. The molecule has 12 heteroatoms. The lowest BCUT2D eigenvalue weighted by molar-refractivity contribution is 0.0955. The highest BCUT2D eigenvalue weighted by molar-refractivity contribution is 8.93. The van der Waals surface area contributed by atoms with Gasteiger partial charge in [-0.1, -0.05) is 20.8 Å². The molecule has 38 heavy (non-hydrogen) atoms. The van der Waals surface area contributed by atoms with Gasteiger partial charge in [0.1, 0.15) is 5.84 Å². The average molecular weight is 612 g/mol. The fourth-order valence-corrected chi connectivity index (χ4v) is 4.73. The number of hydrogen-bond acceptors (Lipinski definition) is 8. The summed E-state index contributed by atoms with van der Waals surface area (Å²) in [4.78, 5) is 29.3. The number of carbonyl (C=O) groups excluding carboxylic acids is 2. The van der Waals surface area contributed by atoms with E-state index in [1.165, 1.54) is 13.2 Å². The zero-order valence-electron chi connectivity index (χ0n) is 22.9. The molecule has 208 valence electrons. The minimum atomic E-state index is -3.88. The first-order valence-electron chi connectivity index (χ1n) is 11.6. The second kappa shape index (κ2) is 11.3. The van der Waals surface area contributed by atoms with Crippen molar-refractivity contribution in [1.82, 2.24) is 10.2 Å². The van der Waals surface area contributed by atoms with Crippen molar-refractivity contribution in [2.24, 2.45) is 0 Å². The van der Waals surface area contributed by atoms with Crippen LogP contribution in [0.4, 0.5) is 5.69 Å². The van der Waals surface area contributed by atoms with Gasteiger partial charge in [-0.05, 0) is 35.2 Å². The van der Waals surface area contributed by atoms with Gasteiger partial charge < -0.3 is 24.0 Å². The Morgan fingerprint density at radius 1 is 1.16 bits per heavy atom. The number of ether oxygens (including phenoxy) is 1. The Morgan fingerprint density at radius 2 is 1.79 bits per heavy atom. The van der Waals surface area contributed by atoms with Crippen LogP contribution in [0.1, 0.15) is 58.2 Å². The van der Waals surface area contributed by atoms with Crippen LogP contribution >= 0.6 is 17.0 Å². The van der Waals surface area contributed by atoms with Crippen molar-refractivity contribution in [1.29, 1.82) is 5.41 Å². The Morgan fingerprint density at radius 3 is 2.29 bits per heavy atom. The summed E-state index contributed by atoms with van der Waals surface area (Å²) >= 11 is 0. The molecular weight excluding hydrogens is 576 g/mol. The third kappa shape index (κ3) is 6.47. The number of anilines is 1. The van der Waals surface area contributed by atoms with Gasteiger partial charge in [0.05, 0.1) is 25.5 Å². The summed E-state index contributed by atoms with van der Waals surface area (Å²) in [6.07, 6.45) is 0.926. The number of rotatable bonds is 8. The van der Waals surface area contributed by atoms with Crippen LogP contribution in [0, 0.1) is 5.41 Å². The molecule has 1 amide bonds. The molecule has 0 spiro atoms. The van der Waals surface area contributed by atoms with Gasteiger partial charge in [-0.2, -0.15) is 8.42 Å². The van der Waals surface area contributed by atoms with Crippen molar-refractivity contribution >= 4 is 50.3 Å². The van der Waals surface area contributed by atoms with Crippen molar-refractivity contribution in [3.8, 4) is 11.5 Å². The second-order valence-electron chi connectivity index (χ2n) is 10.2. The highest BCUT2D eigenvalue weighted by Gasteiger charge is 2.31. The van der Waals surface area contributed by atoms with E-state index in [9.17, 15) is 18.0 Å². The van der Waals surface area contributed by atoms with Crippen molar-refractivity contribution < 1.29 is 26.9 Å². The predicted octanol–water partition coefficient (Wildman–Crippen LogP) is 3.36. The molecule has 3 rings (SSSR count). The first kappa shape index (κ1) is 31.1. The maximum atomic E-state index is 13.4. The van der Waals surface area contributed by atoms with Gasteiger partial charge in [0, 0.05) is 50.1 Å². The number of ketones is 1. The topological polar surface area (TPSA) is 129 Å². The molecule has 0 radical (unpaired) electrons. The van der Waals surface area contributed by atoms with E-state index in [0.717, 1.165) is 11.8 Å². The molecule has 0 aromatic heterocycles. The summed E-state index contributed by atoms with van der Waals surface area (Å²) in [6, 6.07) is 6.58. The van der Waals surface area contributed by atoms with Crippen LogP contribution in [0.3, 0.4) is 0 Å². The second-order valence-corrected chi connectivity index (χ2v) is 11.8. The van der Waals surface area contributed by atoms with Gasteiger partial charge in [-0.15, -0.1) is 17.0 Å². The number of halogens is 1. The number of amidine groups is 1. The lowest BCUT2D eigenvalue weighted by atomic mass is 9.84. The van der Waals surface area contributed by atoms with E-state index in [-0.39, 0.29) is 58.1 Å². The molecular formula is C26H35BrN4O6S. The maximum absolute atomic E-state index is 13.4. The van der Waals surface area contributed by atoms with Crippen molar-refractivity contribution in [2.45, 2.75) is 32.7 Å². The van der Waals surface area contributed by atoms with Crippen LogP contribution in [0.2, 0.25) is 0 Å². The van der Waals surface area contributed by atoms with Gasteiger partial charge in [0.25, 0.3) is 5.91 Å². The predicted molar refractivity (Wildman–Crippen MR) is 153 cm³/mol. The highest BCUT2D eigenvalue weighted by atomic mass is 79.9. The van der Waals surface area contributed by atoms with E-state index in [1.54, 1.807) is 24.1 Å². The Bertz CT molecular complexity index is 1380. The Kier molecular flexibility index (Phi) is 9.27. The van der Waals surface area contributed by atoms with E-state index in [1.807, 2.05) is 45.8 Å². The quantitative estimate of drug-likeness (QED) is 0.344. The highest BCUT2D eigenvalue weighted by Crippen LogP contribution is 2.40. The number of benzene rings is 2. The molecule has 0 fully saturated rings. The molecule has 0 saturated heterocycles. The van der Waals surface area contributed by atoms with E-state index < -0.39 is 15.5 Å². The summed E-state index contributed by atoms with van der Waals surface area (Å²) in [7, 11) is 2.76. The molecule has 1 heterocycles. The van der Waals surface area contributed by atoms with Gasteiger partial charge >= 0.3 is 10.1 Å². The fourth-order valence-electron chi connectivity index (χ4n) is 4.28. The number of fused-ring (bicyclic) bond motifs is 1. The molecule has 1 aliphatic rings. The molecule has 2 N–H and O–H groups in total. The molecule has 0 unspecified atom stereocenters.